The molecule has 0 amide bonds. The van der Waals surface area contributed by atoms with Gasteiger partial charge in [0.1, 0.15) is 0 Å². The number of benzene rings is 3. The summed E-state index contributed by atoms with van der Waals surface area (Å²) in [6.45, 7) is 6.62. The van der Waals surface area contributed by atoms with Gasteiger partial charge in [-0.15, -0.1) is 12.8 Å². The van der Waals surface area contributed by atoms with Gasteiger partial charge in [-0.25, -0.2) is 0 Å². The van der Waals surface area contributed by atoms with Crippen molar-refractivity contribution in [2.45, 2.75) is 26.2 Å². The molecule has 0 N–H and O–H groups in total. The Hall–Kier alpha value is -3.14. The molecule has 0 aliphatic heterocycles. The van der Waals surface area contributed by atoms with Gasteiger partial charge in [-0.3, -0.25) is 0 Å². The lowest BCUT2D eigenvalue weighted by Crippen LogP contribution is -2.14. The minimum atomic E-state index is -0.0847. The Kier molecular flexibility index (Phi) is 3.81. The predicted molar refractivity (Wildman–Crippen MR) is 104 cm³/mol. The van der Waals surface area contributed by atoms with Crippen LogP contribution in [0.2, 0.25) is 0 Å². The molecule has 0 saturated heterocycles. The van der Waals surface area contributed by atoms with E-state index in [0.29, 0.717) is 0 Å². The molecule has 0 saturated carbocycles. The van der Waals surface area contributed by atoms with Gasteiger partial charge in [0.25, 0.3) is 0 Å². The third-order valence-corrected chi connectivity index (χ3v) is 4.18. The average molecular weight is 306 g/mol. The first-order valence-corrected chi connectivity index (χ1v) is 7.89. The van der Waals surface area contributed by atoms with E-state index in [4.69, 9.17) is 12.8 Å². The number of rotatable bonds is 0. The second-order valence-electron chi connectivity index (χ2n) is 6.85. The van der Waals surface area contributed by atoms with Gasteiger partial charge >= 0.3 is 0 Å². The lowest BCUT2D eigenvalue weighted by molar-refractivity contribution is 0.601. The summed E-state index contributed by atoms with van der Waals surface area (Å²) in [4.78, 5) is 0. The van der Waals surface area contributed by atoms with Crippen LogP contribution in [0.15, 0.2) is 42.5 Å². The molecule has 0 bridgehead atoms. The van der Waals surface area contributed by atoms with Crippen LogP contribution in [0.25, 0.3) is 21.5 Å². The third kappa shape index (κ3) is 2.52. The minimum Gasteiger partial charge on any atom is -0.115 e. The number of fused-ring (bicyclic) bond motifs is 2. The van der Waals surface area contributed by atoms with Crippen molar-refractivity contribution in [3.05, 3.63) is 59.2 Å². The maximum absolute atomic E-state index is 5.79. The van der Waals surface area contributed by atoms with E-state index in [1.54, 1.807) is 0 Å². The van der Waals surface area contributed by atoms with Crippen LogP contribution >= 0.6 is 0 Å². The van der Waals surface area contributed by atoms with Gasteiger partial charge < -0.3 is 0 Å². The van der Waals surface area contributed by atoms with E-state index >= 15 is 0 Å². The van der Waals surface area contributed by atoms with Gasteiger partial charge in [0.2, 0.25) is 0 Å². The molecule has 3 aromatic carbocycles. The molecule has 0 radical (unpaired) electrons. The lowest BCUT2D eigenvalue weighted by atomic mass is 9.78. The highest BCUT2D eigenvalue weighted by molar-refractivity contribution is 6.07. The van der Waals surface area contributed by atoms with E-state index in [9.17, 15) is 0 Å². The van der Waals surface area contributed by atoms with Gasteiger partial charge in [-0.1, -0.05) is 56.9 Å². The van der Waals surface area contributed by atoms with Gasteiger partial charge in [0, 0.05) is 21.9 Å². The van der Waals surface area contributed by atoms with Crippen LogP contribution in [0, 0.1) is 36.5 Å². The first kappa shape index (κ1) is 15.7. The number of terminal acetylenes is 2. The van der Waals surface area contributed by atoms with Crippen molar-refractivity contribution in [2.75, 3.05) is 0 Å². The van der Waals surface area contributed by atoms with E-state index in [1.807, 2.05) is 24.3 Å². The van der Waals surface area contributed by atoms with Crippen LogP contribution in [0.1, 0.15) is 37.5 Å². The number of hydrogen-bond acceptors (Lipinski definition) is 0. The molecule has 24 heavy (non-hydrogen) atoms. The monoisotopic (exact) mass is 306 g/mol. The van der Waals surface area contributed by atoms with E-state index in [-0.39, 0.29) is 5.41 Å². The normalized spacial score (nSPS) is 10.7. The highest BCUT2D eigenvalue weighted by Gasteiger charge is 2.23. The largest absolute Gasteiger partial charge is 0.115 e. The smallest absolute Gasteiger partial charge is 0.0337 e. The molecule has 0 heterocycles. The maximum Gasteiger partial charge on any atom is 0.0337 e. The van der Waals surface area contributed by atoms with Gasteiger partial charge in [0.15, 0.2) is 0 Å². The fourth-order valence-electron chi connectivity index (χ4n) is 3.31. The molecule has 0 aliphatic rings. The summed E-state index contributed by atoms with van der Waals surface area (Å²) in [5.74, 6) is 11.1. The summed E-state index contributed by atoms with van der Waals surface area (Å²) in [5.41, 5.74) is 3.01. The average Bonchev–Trinajstić information content (AvgIpc) is 2.56. The van der Waals surface area contributed by atoms with Crippen LogP contribution in [0.5, 0.6) is 0 Å². The van der Waals surface area contributed by atoms with Gasteiger partial charge in [0.05, 0.1) is 0 Å². The molecule has 0 spiro atoms. The summed E-state index contributed by atoms with van der Waals surface area (Å²) in [5, 5.41) is 4.59. The SMILES string of the molecule is C#CC#Cc1cccc2cc3cccc(C#C)c3c(C(C)(C)C)c12. The van der Waals surface area contributed by atoms with Gasteiger partial charge in [-0.05, 0) is 51.8 Å². The molecule has 0 atom stereocenters. The zero-order valence-electron chi connectivity index (χ0n) is 14.2. The second kappa shape index (κ2) is 5.81. The molecule has 3 rings (SSSR count). The number of hydrogen-bond donors (Lipinski definition) is 0. The molecule has 0 nitrogen and oxygen atoms in total. The molecule has 0 fully saturated rings. The molecular weight excluding hydrogens is 288 g/mol. The Morgan fingerprint density at radius 2 is 1.42 bits per heavy atom. The standard InChI is InChI=1S/C24H18/c1-6-8-11-18-13-10-15-20-16-19-14-9-12-17(7-2)21(19)23(22(18)20)24(3,4)5/h1-2,9-10,12-16H,3-5H3. The Morgan fingerprint density at radius 1 is 0.833 bits per heavy atom. The van der Waals surface area contributed by atoms with Crippen molar-refractivity contribution in [2.24, 2.45) is 0 Å². The van der Waals surface area contributed by atoms with Crippen LogP contribution in [0.3, 0.4) is 0 Å². The molecule has 0 aliphatic carbocycles. The topological polar surface area (TPSA) is 0 Å². The van der Waals surface area contributed by atoms with Crippen molar-refractivity contribution < 1.29 is 0 Å². The molecule has 0 heteroatoms. The quantitative estimate of drug-likeness (QED) is 0.393. The van der Waals surface area contributed by atoms with E-state index in [0.717, 1.165) is 32.7 Å². The molecule has 0 unspecified atom stereocenters. The van der Waals surface area contributed by atoms with Crippen LogP contribution < -0.4 is 0 Å². The van der Waals surface area contributed by atoms with Gasteiger partial charge in [-0.2, -0.15) is 0 Å². The zero-order chi connectivity index (χ0) is 17.3. The fourth-order valence-corrected chi connectivity index (χ4v) is 3.31. The zero-order valence-corrected chi connectivity index (χ0v) is 14.2. The third-order valence-electron chi connectivity index (χ3n) is 4.18. The van der Waals surface area contributed by atoms with E-state index < -0.39 is 0 Å². The lowest BCUT2D eigenvalue weighted by Gasteiger charge is -2.25. The Bertz CT molecular complexity index is 1090. The summed E-state index contributed by atoms with van der Waals surface area (Å²) in [7, 11) is 0. The molecule has 0 aromatic heterocycles. The maximum atomic E-state index is 5.79. The Morgan fingerprint density at radius 3 is 1.96 bits per heavy atom. The first-order valence-electron chi connectivity index (χ1n) is 7.89. The van der Waals surface area contributed by atoms with Crippen LogP contribution in [-0.2, 0) is 5.41 Å². The summed E-state index contributed by atoms with van der Waals surface area (Å²) in [6, 6.07) is 14.5. The molecule has 3 aromatic rings. The van der Waals surface area contributed by atoms with Crippen LogP contribution in [0.4, 0.5) is 0 Å². The second-order valence-corrected chi connectivity index (χ2v) is 6.85. The van der Waals surface area contributed by atoms with Crippen molar-refractivity contribution in [1.82, 2.24) is 0 Å². The fraction of sp³-hybridized carbons (Fsp3) is 0.167. The van der Waals surface area contributed by atoms with Crippen molar-refractivity contribution in [3.63, 3.8) is 0 Å². The highest BCUT2D eigenvalue weighted by atomic mass is 14.3. The summed E-state index contributed by atoms with van der Waals surface area (Å²) < 4.78 is 0. The highest BCUT2D eigenvalue weighted by Crippen LogP contribution is 2.39. The summed E-state index contributed by atoms with van der Waals surface area (Å²) >= 11 is 0. The van der Waals surface area contributed by atoms with E-state index in [2.05, 4.69) is 62.7 Å². The summed E-state index contributed by atoms with van der Waals surface area (Å²) in [6.07, 6.45) is 11.1. The van der Waals surface area contributed by atoms with Crippen molar-refractivity contribution in [1.29, 1.82) is 0 Å². The first-order chi connectivity index (χ1) is 11.5. The van der Waals surface area contributed by atoms with Crippen LogP contribution in [-0.4, -0.2) is 0 Å². The Labute approximate surface area is 143 Å². The Balaban J connectivity index is 2.66. The van der Waals surface area contributed by atoms with Crippen molar-refractivity contribution in [3.8, 4) is 36.5 Å². The predicted octanol–water partition coefficient (Wildman–Crippen LogP) is 5.26. The van der Waals surface area contributed by atoms with Crippen molar-refractivity contribution >= 4 is 21.5 Å². The molecular formula is C24H18. The minimum absolute atomic E-state index is 0.0847. The van der Waals surface area contributed by atoms with E-state index in [1.165, 1.54) is 5.56 Å². The molecule has 114 valence electrons.